The number of urea groups is 1. The zero-order valence-corrected chi connectivity index (χ0v) is 22.3. The van der Waals surface area contributed by atoms with E-state index in [1.807, 2.05) is 13.8 Å². The number of carbonyl (C=O) groups excluding carboxylic acids is 1. The highest BCUT2D eigenvalue weighted by molar-refractivity contribution is 7.47. The van der Waals surface area contributed by atoms with Crippen LogP contribution in [0, 0.1) is 5.92 Å². The Morgan fingerprint density at radius 2 is 1.65 bits per heavy atom. The number of primary amides is 1. The summed E-state index contributed by atoms with van der Waals surface area (Å²) < 4.78 is 46.9. The summed E-state index contributed by atoms with van der Waals surface area (Å²) in [5.74, 6) is -0.327. The fraction of sp³-hybridized carbons (Fsp3) is 0.944. The van der Waals surface area contributed by atoms with Gasteiger partial charge in [-0.15, -0.1) is 0 Å². The SMILES string of the molecule is CC.COOP(OC)OCCOCCOCCOP(=O)(O)OCC(CO)CCCCNC(N)=O. The summed E-state index contributed by atoms with van der Waals surface area (Å²) >= 11 is 0. The first-order chi connectivity index (χ1) is 16.3. The number of hydrogen-bond acceptors (Lipinski definition) is 11. The molecule has 2 amide bonds. The number of amides is 2. The number of phosphoric ester groups is 1. The Morgan fingerprint density at radius 1 is 1.03 bits per heavy atom. The molecule has 206 valence electrons. The van der Waals surface area contributed by atoms with Gasteiger partial charge in [-0.3, -0.25) is 9.05 Å². The number of phosphoric acid groups is 1. The third-order valence-electron chi connectivity index (χ3n) is 3.63. The van der Waals surface area contributed by atoms with Crippen LogP contribution in [0.3, 0.4) is 0 Å². The molecule has 34 heavy (non-hydrogen) atoms. The van der Waals surface area contributed by atoms with Crippen LogP contribution in [0.1, 0.15) is 33.1 Å². The lowest BCUT2D eigenvalue weighted by molar-refractivity contribution is -0.189. The highest BCUT2D eigenvalue weighted by atomic mass is 31.2. The van der Waals surface area contributed by atoms with Crippen LogP contribution in [0.5, 0.6) is 0 Å². The van der Waals surface area contributed by atoms with Crippen molar-refractivity contribution < 1.29 is 56.5 Å². The molecule has 16 heteroatoms. The highest BCUT2D eigenvalue weighted by Gasteiger charge is 2.23. The number of ether oxygens (including phenoxy) is 2. The molecule has 3 unspecified atom stereocenters. The Hall–Kier alpha value is -0.470. The van der Waals surface area contributed by atoms with Crippen LogP contribution in [0.15, 0.2) is 0 Å². The van der Waals surface area contributed by atoms with Crippen LogP contribution >= 0.6 is 16.4 Å². The van der Waals surface area contributed by atoms with Gasteiger partial charge in [-0.2, -0.15) is 4.67 Å². The molecule has 0 radical (unpaired) electrons. The van der Waals surface area contributed by atoms with Gasteiger partial charge in [-0.25, -0.2) is 14.2 Å². The number of aliphatic hydroxyl groups is 1. The molecular weight excluding hydrogens is 498 g/mol. The molecule has 0 bridgehead atoms. The lowest BCUT2D eigenvalue weighted by Gasteiger charge is -2.17. The van der Waals surface area contributed by atoms with Gasteiger partial charge in [0.15, 0.2) is 0 Å². The Morgan fingerprint density at radius 3 is 2.21 bits per heavy atom. The van der Waals surface area contributed by atoms with Crippen molar-refractivity contribution in [1.82, 2.24) is 5.32 Å². The van der Waals surface area contributed by atoms with Gasteiger partial charge in [-0.1, -0.05) is 20.3 Å². The largest absolute Gasteiger partial charge is 0.472 e. The minimum Gasteiger partial charge on any atom is -0.396 e. The second kappa shape index (κ2) is 25.6. The molecule has 0 fully saturated rings. The Bertz CT molecular complexity index is 508. The van der Waals surface area contributed by atoms with E-state index in [1.165, 1.54) is 14.2 Å². The first kappa shape index (κ1) is 35.7. The van der Waals surface area contributed by atoms with Crippen molar-refractivity contribution >= 4 is 22.5 Å². The molecule has 0 aliphatic heterocycles. The normalized spacial score (nSPS) is 14.5. The molecular formula is C18H42N2O12P2. The summed E-state index contributed by atoms with van der Waals surface area (Å²) in [5.41, 5.74) is 4.96. The van der Waals surface area contributed by atoms with Gasteiger partial charge >= 0.3 is 22.5 Å². The number of nitrogens with two attached hydrogens (primary N) is 1. The Kier molecular flexibility index (Phi) is 26.9. The van der Waals surface area contributed by atoms with Crippen molar-refractivity contribution in [2.24, 2.45) is 11.7 Å². The quantitative estimate of drug-likeness (QED) is 0.0641. The van der Waals surface area contributed by atoms with Gasteiger partial charge in [-0.05, 0) is 12.8 Å². The van der Waals surface area contributed by atoms with Gasteiger partial charge in [0.2, 0.25) is 0 Å². The van der Waals surface area contributed by atoms with E-state index in [0.717, 1.165) is 0 Å². The minimum atomic E-state index is -4.25. The molecule has 0 aromatic rings. The predicted molar refractivity (Wildman–Crippen MR) is 125 cm³/mol. The first-order valence-corrected chi connectivity index (χ1v) is 13.5. The molecule has 5 N–H and O–H groups in total. The van der Waals surface area contributed by atoms with Crippen molar-refractivity contribution in [2.75, 3.05) is 73.6 Å². The number of nitrogens with one attached hydrogen (secondary N) is 1. The molecule has 0 aromatic carbocycles. The van der Waals surface area contributed by atoms with E-state index in [0.29, 0.717) is 39.0 Å². The number of rotatable bonds is 23. The van der Waals surface area contributed by atoms with Gasteiger partial charge in [0.05, 0.1) is 53.4 Å². The van der Waals surface area contributed by atoms with Gasteiger partial charge in [0, 0.05) is 26.2 Å². The van der Waals surface area contributed by atoms with Crippen molar-refractivity contribution in [2.45, 2.75) is 33.1 Å². The van der Waals surface area contributed by atoms with Crippen LogP contribution in [0.4, 0.5) is 4.79 Å². The highest BCUT2D eigenvalue weighted by Crippen LogP contribution is 2.43. The van der Waals surface area contributed by atoms with E-state index in [4.69, 9.17) is 38.0 Å². The Labute approximate surface area is 203 Å². The second-order valence-electron chi connectivity index (χ2n) is 6.14. The maximum atomic E-state index is 11.9. The van der Waals surface area contributed by atoms with Crippen molar-refractivity contribution in [3.63, 3.8) is 0 Å². The van der Waals surface area contributed by atoms with E-state index in [2.05, 4.69) is 10.2 Å². The molecule has 0 rings (SSSR count). The van der Waals surface area contributed by atoms with Gasteiger partial charge in [0.25, 0.3) is 0 Å². The topological polar surface area (TPSA) is 186 Å². The molecule has 3 atom stereocenters. The lowest BCUT2D eigenvalue weighted by atomic mass is 10.0. The number of unbranched alkanes of at least 4 members (excludes halogenated alkanes) is 1. The lowest BCUT2D eigenvalue weighted by Crippen LogP contribution is -2.30. The second-order valence-corrected chi connectivity index (χ2v) is 8.81. The van der Waals surface area contributed by atoms with E-state index in [1.54, 1.807) is 0 Å². The average molecular weight is 540 g/mol. The number of carbonyl (C=O) groups is 1. The van der Waals surface area contributed by atoms with Crippen LogP contribution in [-0.2, 0) is 41.7 Å². The van der Waals surface area contributed by atoms with Gasteiger partial charge < -0.3 is 39.6 Å². The fourth-order valence-electron chi connectivity index (χ4n) is 2.10. The summed E-state index contributed by atoms with van der Waals surface area (Å²) in [6, 6.07) is -0.595. The number of aliphatic hydroxyl groups excluding tert-OH is 1. The Balaban J connectivity index is 0. The standard InChI is InChI=1S/C16H36N2O12P2.C2H6/c1-23-30-31(24-2)27-11-9-25-7-8-26-10-12-28-32(21,22)29-14-15(13-19)5-3-4-6-18-16(17)20;1-2/h15,19H,3-14H2,1-2H3,(H,21,22)(H3,17,18,20);1-2H3. The average Bonchev–Trinajstić information content (AvgIpc) is 2.82. The summed E-state index contributed by atoms with van der Waals surface area (Å²) in [5, 5.41) is 11.8. The zero-order valence-electron chi connectivity index (χ0n) is 20.5. The molecule has 0 saturated carbocycles. The summed E-state index contributed by atoms with van der Waals surface area (Å²) in [6.07, 6.45) is 1.90. The molecule has 14 nitrogen and oxygen atoms in total. The number of hydrogen-bond donors (Lipinski definition) is 4. The molecule has 0 aliphatic rings. The monoisotopic (exact) mass is 540 g/mol. The minimum absolute atomic E-state index is 0.0702. The molecule has 0 spiro atoms. The van der Waals surface area contributed by atoms with Crippen LogP contribution in [-0.4, -0.2) is 89.7 Å². The summed E-state index contributed by atoms with van der Waals surface area (Å²) in [4.78, 5) is 24.7. The van der Waals surface area contributed by atoms with Crippen molar-refractivity contribution in [1.29, 1.82) is 0 Å². The molecule has 0 aliphatic carbocycles. The molecule has 0 aromatic heterocycles. The summed E-state index contributed by atoms with van der Waals surface area (Å²) in [7, 11) is -3.04. The van der Waals surface area contributed by atoms with Crippen LogP contribution < -0.4 is 11.1 Å². The van der Waals surface area contributed by atoms with Crippen LogP contribution in [0.2, 0.25) is 0 Å². The fourth-order valence-corrected chi connectivity index (χ4v) is 3.44. The smallest absolute Gasteiger partial charge is 0.396 e. The van der Waals surface area contributed by atoms with E-state index in [9.17, 15) is 19.4 Å². The van der Waals surface area contributed by atoms with Gasteiger partial charge in [0.1, 0.15) is 0 Å². The van der Waals surface area contributed by atoms with E-state index < -0.39 is 22.5 Å². The third-order valence-corrected chi connectivity index (χ3v) is 5.58. The molecule has 0 heterocycles. The maximum Gasteiger partial charge on any atom is 0.472 e. The van der Waals surface area contributed by atoms with E-state index in [-0.39, 0.29) is 45.6 Å². The first-order valence-electron chi connectivity index (χ1n) is 10.9. The van der Waals surface area contributed by atoms with Crippen molar-refractivity contribution in [3.8, 4) is 0 Å². The van der Waals surface area contributed by atoms with E-state index >= 15 is 0 Å². The zero-order chi connectivity index (χ0) is 26.1. The van der Waals surface area contributed by atoms with Crippen molar-refractivity contribution in [3.05, 3.63) is 0 Å². The third kappa shape index (κ3) is 24.6. The van der Waals surface area contributed by atoms with Crippen LogP contribution in [0.25, 0.3) is 0 Å². The maximum absolute atomic E-state index is 11.9. The molecule has 0 saturated heterocycles. The summed E-state index contributed by atoms with van der Waals surface area (Å²) in [6.45, 7) is 5.10. The predicted octanol–water partition coefficient (Wildman–Crippen LogP) is 2.09.